The lowest BCUT2D eigenvalue weighted by Crippen LogP contribution is -2.52. The lowest BCUT2D eigenvalue weighted by atomic mass is 9.98. The van der Waals surface area contributed by atoms with Crippen molar-refractivity contribution in [2.75, 3.05) is 5.75 Å². The Morgan fingerprint density at radius 3 is 2.70 bits per heavy atom. The Hall–Kier alpha value is -1.15. The molecule has 0 amide bonds. The Labute approximate surface area is 121 Å². The Morgan fingerprint density at radius 1 is 1.40 bits per heavy atom. The minimum Gasteiger partial charge on any atom is -0.480 e. The summed E-state index contributed by atoms with van der Waals surface area (Å²) in [6.45, 7) is 0. The van der Waals surface area contributed by atoms with Gasteiger partial charge in [-0.15, -0.1) is 5.10 Å². The molecule has 8 heteroatoms. The Morgan fingerprint density at radius 2 is 2.10 bits per heavy atom. The van der Waals surface area contributed by atoms with Crippen LogP contribution in [0, 0.1) is 5.92 Å². The number of aromatic nitrogens is 4. The Kier molecular flexibility index (Phi) is 3.68. The fourth-order valence-corrected chi connectivity index (χ4v) is 3.93. The van der Waals surface area contributed by atoms with E-state index in [1.165, 1.54) is 24.6 Å². The van der Waals surface area contributed by atoms with E-state index in [9.17, 15) is 9.90 Å². The summed E-state index contributed by atoms with van der Waals surface area (Å²) in [5.41, 5.74) is 4.91. The van der Waals surface area contributed by atoms with E-state index in [1.807, 2.05) is 4.68 Å². The van der Waals surface area contributed by atoms with Crippen molar-refractivity contribution >= 4 is 17.7 Å². The summed E-state index contributed by atoms with van der Waals surface area (Å²) in [6.07, 6.45) is 6.38. The van der Waals surface area contributed by atoms with E-state index in [0.717, 1.165) is 25.7 Å². The fraction of sp³-hybridized carbons (Fsp3) is 0.833. The van der Waals surface area contributed by atoms with E-state index in [-0.39, 0.29) is 5.92 Å². The van der Waals surface area contributed by atoms with Crippen LogP contribution in [0.1, 0.15) is 44.6 Å². The largest absolute Gasteiger partial charge is 0.480 e. The molecule has 110 valence electrons. The van der Waals surface area contributed by atoms with Gasteiger partial charge in [0.25, 0.3) is 0 Å². The lowest BCUT2D eigenvalue weighted by molar-refractivity contribution is -0.143. The maximum atomic E-state index is 11.4. The molecule has 1 atom stereocenters. The first-order valence-electron chi connectivity index (χ1n) is 7.04. The molecule has 1 unspecified atom stereocenters. The van der Waals surface area contributed by atoms with E-state index in [0.29, 0.717) is 17.0 Å². The lowest BCUT2D eigenvalue weighted by Gasteiger charge is -2.23. The summed E-state index contributed by atoms with van der Waals surface area (Å²) in [4.78, 5) is 11.4. The highest BCUT2D eigenvalue weighted by Gasteiger charge is 2.48. The molecule has 3 N–H and O–H groups in total. The highest BCUT2D eigenvalue weighted by Crippen LogP contribution is 2.41. The smallest absolute Gasteiger partial charge is 0.324 e. The third-order valence-electron chi connectivity index (χ3n) is 4.28. The van der Waals surface area contributed by atoms with Gasteiger partial charge in [0.05, 0.1) is 6.04 Å². The number of carboxylic acids is 1. The van der Waals surface area contributed by atoms with E-state index < -0.39 is 11.5 Å². The van der Waals surface area contributed by atoms with Gasteiger partial charge in [-0.3, -0.25) is 4.79 Å². The molecule has 0 saturated heterocycles. The molecule has 0 spiro atoms. The molecule has 0 bridgehead atoms. The number of carboxylic acid groups (broad SMARTS) is 1. The standard InChI is InChI=1S/C12H19N5O2S/c13-12(10(18)19,8-5-6-8)7-20-11-14-15-16-17(11)9-3-1-2-4-9/h8-9H,1-7,13H2,(H,18,19). The molecular formula is C12H19N5O2S. The van der Waals surface area contributed by atoms with Gasteiger partial charge in [-0.25, -0.2) is 4.68 Å². The van der Waals surface area contributed by atoms with Crippen LogP contribution in [0.5, 0.6) is 0 Å². The fourth-order valence-electron chi connectivity index (χ4n) is 2.80. The van der Waals surface area contributed by atoms with Crippen LogP contribution in [-0.4, -0.2) is 42.6 Å². The summed E-state index contributed by atoms with van der Waals surface area (Å²) in [6, 6.07) is 0.352. The third-order valence-corrected chi connectivity index (χ3v) is 5.43. The van der Waals surface area contributed by atoms with Crippen molar-refractivity contribution in [3.63, 3.8) is 0 Å². The van der Waals surface area contributed by atoms with Crippen LogP contribution in [0.25, 0.3) is 0 Å². The number of carbonyl (C=O) groups is 1. The molecule has 0 aliphatic heterocycles. The van der Waals surface area contributed by atoms with Crippen LogP contribution in [0.4, 0.5) is 0 Å². The van der Waals surface area contributed by atoms with Gasteiger partial charge in [0.15, 0.2) is 0 Å². The molecule has 1 aromatic heterocycles. The first kappa shape index (κ1) is 13.8. The van der Waals surface area contributed by atoms with Gasteiger partial charge in [-0.05, 0) is 42.0 Å². The van der Waals surface area contributed by atoms with Gasteiger partial charge in [-0.2, -0.15) is 0 Å². The monoisotopic (exact) mass is 297 g/mol. The molecular weight excluding hydrogens is 278 g/mol. The number of thioether (sulfide) groups is 1. The van der Waals surface area contributed by atoms with Crippen LogP contribution in [0.3, 0.4) is 0 Å². The van der Waals surface area contributed by atoms with Gasteiger partial charge in [0, 0.05) is 5.75 Å². The van der Waals surface area contributed by atoms with Gasteiger partial charge >= 0.3 is 5.97 Å². The number of aliphatic carboxylic acids is 1. The van der Waals surface area contributed by atoms with E-state index in [1.54, 1.807) is 0 Å². The van der Waals surface area contributed by atoms with E-state index in [4.69, 9.17) is 5.73 Å². The van der Waals surface area contributed by atoms with E-state index in [2.05, 4.69) is 15.5 Å². The van der Waals surface area contributed by atoms with Gasteiger partial charge < -0.3 is 10.8 Å². The molecule has 1 heterocycles. The minimum atomic E-state index is -1.16. The summed E-state index contributed by atoms with van der Waals surface area (Å²) >= 11 is 1.37. The Balaban J connectivity index is 1.69. The molecule has 2 aliphatic carbocycles. The van der Waals surface area contributed by atoms with Gasteiger partial charge in [0.2, 0.25) is 5.16 Å². The van der Waals surface area contributed by atoms with Crippen molar-refractivity contribution < 1.29 is 9.90 Å². The number of hydrogen-bond donors (Lipinski definition) is 2. The Bertz CT molecular complexity index is 498. The average molecular weight is 297 g/mol. The minimum absolute atomic E-state index is 0.0864. The van der Waals surface area contributed by atoms with Crippen molar-refractivity contribution in [3.8, 4) is 0 Å². The topological polar surface area (TPSA) is 107 Å². The van der Waals surface area contributed by atoms with Crippen molar-refractivity contribution in [1.82, 2.24) is 20.2 Å². The molecule has 20 heavy (non-hydrogen) atoms. The SMILES string of the molecule is NC(CSc1nnnn1C1CCCC1)(C(=O)O)C1CC1. The number of nitrogens with zero attached hydrogens (tertiary/aromatic N) is 4. The van der Waals surface area contributed by atoms with E-state index >= 15 is 0 Å². The van der Waals surface area contributed by atoms with Crippen molar-refractivity contribution in [1.29, 1.82) is 0 Å². The number of nitrogens with two attached hydrogens (primary N) is 1. The molecule has 2 fully saturated rings. The van der Waals surface area contributed by atoms with Crippen LogP contribution in [-0.2, 0) is 4.79 Å². The summed E-state index contributed by atoms with van der Waals surface area (Å²) in [5.74, 6) is -0.518. The molecule has 7 nitrogen and oxygen atoms in total. The molecule has 0 aromatic carbocycles. The number of rotatable bonds is 6. The maximum Gasteiger partial charge on any atom is 0.324 e. The predicted octanol–water partition coefficient (Wildman–Crippen LogP) is 1.07. The molecule has 3 rings (SSSR count). The quantitative estimate of drug-likeness (QED) is 0.756. The van der Waals surface area contributed by atoms with Crippen molar-refractivity contribution in [2.24, 2.45) is 11.7 Å². The first-order valence-corrected chi connectivity index (χ1v) is 8.03. The molecule has 2 saturated carbocycles. The highest BCUT2D eigenvalue weighted by atomic mass is 32.2. The second-order valence-electron chi connectivity index (χ2n) is 5.75. The van der Waals surface area contributed by atoms with Crippen LogP contribution in [0.2, 0.25) is 0 Å². The van der Waals surface area contributed by atoms with Crippen molar-refractivity contribution in [2.45, 2.75) is 55.3 Å². The zero-order valence-corrected chi connectivity index (χ0v) is 12.1. The second kappa shape index (κ2) is 5.33. The highest BCUT2D eigenvalue weighted by molar-refractivity contribution is 7.99. The van der Waals surface area contributed by atoms with Gasteiger partial charge in [0.1, 0.15) is 5.54 Å². The van der Waals surface area contributed by atoms with Crippen molar-refractivity contribution in [3.05, 3.63) is 0 Å². The molecule has 2 aliphatic rings. The number of tetrazole rings is 1. The first-order chi connectivity index (χ1) is 9.61. The average Bonchev–Trinajstić information content (AvgIpc) is 2.97. The maximum absolute atomic E-state index is 11.4. The normalized spacial score (nSPS) is 22.9. The third kappa shape index (κ3) is 2.54. The zero-order valence-electron chi connectivity index (χ0n) is 11.2. The van der Waals surface area contributed by atoms with Crippen LogP contribution < -0.4 is 5.73 Å². The van der Waals surface area contributed by atoms with Crippen LogP contribution in [0.15, 0.2) is 5.16 Å². The number of hydrogen-bond acceptors (Lipinski definition) is 6. The van der Waals surface area contributed by atoms with Gasteiger partial charge in [-0.1, -0.05) is 24.6 Å². The summed E-state index contributed by atoms with van der Waals surface area (Å²) in [5, 5.41) is 21.8. The second-order valence-corrected chi connectivity index (χ2v) is 6.70. The zero-order chi connectivity index (χ0) is 14.2. The molecule has 0 radical (unpaired) electrons. The molecule has 1 aromatic rings. The summed E-state index contributed by atoms with van der Waals surface area (Å²) in [7, 11) is 0. The predicted molar refractivity (Wildman–Crippen MR) is 73.3 cm³/mol. The van der Waals surface area contributed by atoms with Crippen LogP contribution >= 0.6 is 11.8 Å². The summed E-state index contributed by atoms with van der Waals surface area (Å²) < 4.78 is 1.84.